The van der Waals surface area contributed by atoms with Gasteiger partial charge in [0.05, 0.1) is 10.6 Å². The summed E-state index contributed by atoms with van der Waals surface area (Å²) in [6.07, 6.45) is 2.49. The van der Waals surface area contributed by atoms with Crippen LogP contribution in [0.2, 0.25) is 5.02 Å². The van der Waals surface area contributed by atoms with E-state index in [1.54, 1.807) is 0 Å². The van der Waals surface area contributed by atoms with Gasteiger partial charge in [0.15, 0.2) is 0 Å². The van der Waals surface area contributed by atoms with Crippen molar-refractivity contribution in [1.82, 2.24) is 10.3 Å². The second-order valence-electron chi connectivity index (χ2n) is 5.15. The number of hydrogen-bond acceptors (Lipinski definition) is 3. The first-order chi connectivity index (χ1) is 9.97. The van der Waals surface area contributed by atoms with Crippen LogP contribution >= 0.6 is 23.4 Å². The van der Waals surface area contributed by atoms with Crippen molar-refractivity contribution in [2.45, 2.75) is 49.3 Å². The van der Waals surface area contributed by atoms with E-state index in [9.17, 15) is 13.2 Å². The molecule has 1 aromatic rings. The molecule has 0 atom stereocenters. The molecule has 1 heterocycles. The highest BCUT2D eigenvalue weighted by atomic mass is 35.5. The number of hydrogen-bond donors (Lipinski definition) is 1. The number of nitrogens with one attached hydrogen (secondary N) is 1. The Labute approximate surface area is 131 Å². The van der Waals surface area contributed by atoms with Gasteiger partial charge in [-0.25, -0.2) is 4.98 Å². The van der Waals surface area contributed by atoms with Crippen LogP contribution in [-0.2, 0) is 6.18 Å². The molecule has 0 saturated heterocycles. The van der Waals surface area contributed by atoms with Crippen molar-refractivity contribution in [2.24, 2.45) is 0 Å². The summed E-state index contributed by atoms with van der Waals surface area (Å²) in [6.45, 7) is 0.927. The van der Waals surface area contributed by atoms with Crippen molar-refractivity contribution in [3.05, 3.63) is 22.8 Å². The van der Waals surface area contributed by atoms with E-state index in [1.165, 1.54) is 37.4 Å². The highest BCUT2D eigenvalue weighted by Gasteiger charge is 2.31. The molecule has 0 bridgehead atoms. The van der Waals surface area contributed by atoms with Crippen LogP contribution < -0.4 is 5.32 Å². The lowest BCUT2D eigenvalue weighted by atomic mass is 10.2. The highest BCUT2D eigenvalue weighted by Crippen LogP contribution is 2.33. The number of alkyl halides is 3. The fourth-order valence-corrected chi connectivity index (χ4v) is 3.50. The maximum absolute atomic E-state index is 12.5. The van der Waals surface area contributed by atoms with Crippen LogP contribution in [0.3, 0.4) is 0 Å². The molecule has 0 aliphatic heterocycles. The van der Waals surface area contributed by atoms with Gasteiger partial charge < -0.3 is 5.32 Å². The van der Waals surface area contributed by atoms with E-state index in [0.29, 0.717) is 11.1 Å². The van der Waals surface area contributed by atoms with Gasteiger partial charge in [0.1, 0.15) is 5.03 Å². The molecular weight excluding hydrogens is 321 g/mol. The molecule has 1 aliphatic carbocycles. The number of halogens is 4. The smallest absolute Gasteiger partial charge is 0.314 e. The summed E-state index contributed by atoms with van der Waals surface area (Å²) in [4.78, 5) is 3.81. The van der Waals surface area contributed by atoms with Gasteiger partial charge in [-0.3, -0.25) is 0 Å². The summed E-state index contributed by atoms with van der Waals surface area (Å²) in [7, 11) is 0. The summed E-state index contributed by atoms with van der Waals surface area (Å²) in [5, 5.41) is 4.03. The highest BCUT2D eigenvalue weighted by molar-refractivity contribution is 7.99. The molecule has 1 aliphatic rings. The second-order valence-corrected chi connectivity index (χ2v) is 6.64. The van der Waals surface area contributed by atoms with Crippen LogP contribution in [0, 0.1) is 0 Å². The minimum Gasteiger partial charge on any atom is -0.314 e. The number of aromatic nitrogens is 1. The van der Waals surface area contributed by atoms with Crippen molar-refractivity contribution >= 4 is 23.4 Å². The average Bonchev–Trinajstić information content (AvgIpc) is 2.92. The Morgan fingerprint density at radius 2 is 2.05 bits per heavy atom. The van der Waals surface area contributed by atoms with Crippen LogP contribution in [-0.4, -0.2) is 23.3 Å². The fraction of sp³-hybridized carbons (Fsp3) is 0.643. The Hall–Kier alpha value is -0.460. The summed E-state index contributed by atoms with van der Waals surface area (Å²) in [5.74, 6) is 0.789. The average molecular weight is 339 g/mol. The van der Waals surface area contributed by atoms with Gasteiger partial charge in [-0.15, -0.1) is 11.8 Å². The molecule has 0 amide bonds. The molecular formula is C14H18ClF3N2S. The maximum Gasteiger partial charge on any atom is 0.417 e. The van der Waals surface area contributed by atoms with Gasteiger partial charge in [0.2, 0.25) is 0 Å². The Morgan fingerprint density at radius 1 is 1.33 bits per heavy atom. The lowest BCUT2D eigenvalue weighted by molar-refractivity contribution is -0.137. The Balaban J connectivity index is 1.73. The van der Waals surface area contributed by atoms with E-state index >= 15 is 0 Å². The van der Waals surface area contributed by atoms with E-state index in [2.05, 4.69) is 10.3 Å². The lowest BCUT2D eigenvalue weighted by Gasteiger charge is -2.11. The molecule has 0 spiro atoms. The molecule has 0 radical (unpaired) electrons. The van der Waals surface area contributed by atoms with E-state index in [-0.39, 0.29) is 5.02 Å². The van der Waals surface area contributed by atoms with Gasteiger partial charge >= 0.3 is 6.18 Å². The molecule has 7 heteroatoms. The van der Waals surface area contributed by atoms with Crippen LogP contribution in [0.1, 0.15) is 37.7 Å². The van der Waals surface area contributed by atoms with Gasteiger partial charge in [-0.05, 0) is 31.9 Å². The fourth-order valence-electron chi connectivity index (χ4n) is 2.36. The third-order valence-electron chi connectivity index (χ3n) is 3.48. The molecule has 0 unspecified atom stereocenters. The quantitative estimate of drug-likeness (QED) is 0.597. The topological polar surface area (TPSA) is 24.9 Å². The largest absolute Gasteiger partial charge is 0.417 e. The standard InChI is InChI=1S/C14H18ClF3N2S/c15-12-8-10(14(16,17)18)9-20-13(12)21-7-3-6-19-11-4-1-2-5-11/h8-9,11,19H,1-7H2. The minimum absolute atomic E-state index is 0.0681. The number of nitrogens with zero attached hydrogens (tertiary/aromatic N) is 1. The summed E-state index contributed by atoms with van der Waals surface area (Å²) in [5.41, 5.74) is -0.806. The predicted octanol–water partition coefficient (Wildman–Crippen LogP) is 4.77. The van der Waals surface area contributed by atoms with Crippen molar-refractivity contribution in [3.8, 4) is 0 Å². The van der Waals surface area contributed by atoms with E-state index < -0.39 is 11.7 Å². The Kier molecular flexibility index (Phi) is 6.20. The minimum atomic E-state index is -4.40. The summed E-state index contributed by atoms with van der Waals surface area (Å²) >= 11 is 7.25. The number of thioether (sulfide) groups is 1. The predicted molar refractivity (Wildman–Crippen MR) is 79.8 cm³/mol. The van der Waals surface area contributed by atoms with Crippen molar-refractivity contribution < 1.29 is 13.2 Å². The second kappa shape index (κ2) is 7.70. The summed E-state index contributed by atoms with van der Waals surface area (Å²) < 4.78 is 37.5. The molecule has 1 aromatic heterocycles. The van der Waals surface area contributed by atoms with E-state index in [4.69, 9.17) is 11.6 Å². The molecule has 1 N–H and O–H groups in total. The van der Waals surface area contributed by atoms with Gasteiger partial charge in [0, 0.05) is 18.0 Å². The molecule has 118 valence electrons. The molecule has 2 rings (SSSR count). The van der Waals surface area contributed by atoms with E-state index in [0.717, 1.165) is 31.0 Å². The van der Waals surface area contributed by atoms with E-state index in [1.807, 2.05) is 0 Å². The monoisotopic (exact) mass is 338 g/mol. The number of rotatable bonds is 6. The zero-order valence-electron chi connectivity index (χ0n) is 11.5. The Bertz CT molecular complexity index is 462. The molecule has 1 saturated carbocycles. The van der Waals surface area contributed by atoms with Crippen molar-refractivity contribution in [1.29, 1.82) is 0 Å². The maximum atomic E-state index is 12.5. The van der Waals surface area contributed by atoms with Gasteiger partial charge in [-0.1, -0.05) is 24.4 Å². The lowest BCUT2D eigenvalue weighted by Crippen LogP contribution is -2.27. The van der Waals surface area contributed by atoms with Crippen molar-refractivity contribution in [3.63, 3.8) is 0 Å². The van der Waals surface area contributed by atoms with Crippen LogP contribution in [0.15, 0.2) is 17.3 Å². The molecule has 21 heavy (non-hydrogen) atoms. The number of pyridine rings is 1. The van der Waals surface area contributed by atoms with Crippen molar-refractivity contribution in [2.75, 3.05) is 12.3 Å². The normalized spacial score (nSPS) is 16.6. The first-order valence-corrected chi connectivity index (χ1v) is 8.42. The van der Waals surface area contributed by atoms with Crippen LogP contribution in [0.5, 0.6) is 0 Å². The molecule has 2 nitrogen and oxygen atoms in total. The zero-order chi connectivity index (χ0) is 15.3. The first-order valence-electron chi connectivity index (χ1n) is 7.06. The Morgan fingerprint density at radius 3 is 2.67 bits per heavy atom. The molecule has 0 aromatic carbocycles. The first kappa shape index (κ1) is 16.9. The third kappa shape index (κ3) is 5.34. The van der Waals surface area contributed by atoms with Gasteiger partial charge in [-0.2, -0.15) is 13.2 Å². The zero-order valence-corrected chi connectivity index (χ0v) is 13.1. The van der Waals surface area contributed by atoms with Crippen LogP contribution in [0.25, 0.3) is 0 Å². The third-order valence-corrected chi connectivity index (χ3v) is 4.97. The molecule has 1 fully saturated rings. The summed E-state index contributed by atoms with van der Waals surface area (Å²) in [6, 6.07) is 1.58. The van der Waals surface area contributed by atoms with Gasteiger partial charge in [0.25, 0.3) is 0 Å². The SMILES string of the molecule is FC(F)(F)c1cnc(SCCCNC2CCCC2)c(Cl)c1. The van der Waals surface area contributed by atoms with Crippen LogP contribution in [0.4, 0.5) is 13.2 Å².